The van der Waals surface area contributed by atoms with Gasteiger partial charge in [-0.15, -0.1) is 0 Å². The summed E-state index contributed by atoms with van der Waals surface area (Å²) in [5.41, 5.74) is 2.23. The number of hydrogen-bond donors (Lipinski definition) is 0. The lowest BCUT2D eigenvalue weighted by atomic mass is 9.85. The molecule has 5 rings (SSSR count). The Balaban J connectivity index is 1.67. The minimum absolute atomic E-state index is 0.120. The van der Waals surface area contributed by atoms with Gasteiger partial charge in [0.1, 0.15) is 6.61 Å². The monoisotopic (exact) mass is 454 g/mol. The van der Waals surface area contributed by atoms with E-state index in [1.54, 1.807) is 11.5 Å². The van der Waals surface area contributed by atoms with E-state index in [9.17, 15) is 14.2 Å². The van der Waals surface area contributed by atoms with Crippen molar-refractivity contribution in [1.82, 2.24) is 9.55 Å². The average molecular weight is 454 g/mol. The number of pyridine rings is 2. The van der Waals surface area contributed by atoms with Crippen molar-refractivity contribution in [1.29, 1.82) is 0 Å². The van der Waals surface area contributed by atoms with E-state index in [0.717, 1.165) is 22.2 Å². The Bertz CT molecular complexity index is 1370. The van der Waals surface area contributed by atoms with E-state index in [4.69, 9.17) is 19.0 Å². The summed E-state index contributed by atoms with van der Waals surface area (Å²) in [5, 5.41) is 1.00. The molecule has 0 saturated heterocycles. The standard InChI is InChI=1S/C23H23N2O6P/c1-4-23(30-13-31-32(2,3)28)17-10-19-20-15(9-14-7-5-6-8-18(14)24-20)11-25(19)21(26)16(17)12-29-22(23)27/h5-10H,4,11-13H2,1-3H3/t23-/m0/s1. The van der Waals surface area contributed by atoms with Gasteiger partial charge in [-0.2, -0.15) is 0 Å². The van der Waals surface area contributed by atoms with Crippen LogP contribution >= 0.6 is 7.37 Å². The summed E-state index contributed by atoms with van der Waals surface area (Å²) in [6, 6.07) is 11.6. The highest BCUT2D eigenvalue weighted by atomic mass is 31.2. The molecule has 2 aliphatic rings. The largest absolute Gasteiger partial charge is 0.458 e. The molecule has 0 fully saturated rings. The highest BCUT2D eigenvalue weighted by molar-refractivity contribution is 7.57. The number of para-hydroxylation sites is 1. The molecule has 0 spiro atoms. The van der Waals surface area contributed by atoms with Crippen LogP contribution in [0, 0.1) is 0 Å². The van der Waals surface area contributed by atoms with Crippen molar-refractivity contribution in [3.63, 3.8) is 0 Å². The van der Waals surface area contributed by atoms with Crippen LogP contribution in [0.3, 0.4) is 0 Å². The Morgan fingerprint density at radius 3 is 2.75 bits per heavy atom. The van der Waals surface area contributed by atoms with Crippen LogP contribution in [-0.2, 0) is 42.1 Å². The summed E-state index contributed by atoms with van der Waals surface area (Å²) in [6.07, 6.45) is 0.223. The second-order valence-electron chi connectivity index (χ2n) is 8.40. The highest BCUT2D eigenvalue weighted by Crippen LogP contribution is 2.42. The molecule has 0 N–H and O–H groups in total. The zero-order valence-corrected chi connectivity index (χ0v) is 19.0. The Morgan fingerprint density at radius 2 is 2.00 bits per heavy atom. The smallest absolute Gasteiger partial charge is 0.343 e. The van der Waals surface area contributed by atoms with Gasteiger partial charge in [-0.25, -0.2) is 9.78 Å². The van der Waals surface area contributed by atoms with Crippen LogP contribution in [0.4, 0.5) is 0 Å². The van der Waals surface area contributed by atoms with Gasteiger partial charge in [0.2, 0.25) is 0 Å². The number of benzene rings is 1. The molecule has 3 aromatic rings. The van der Waals surface area contributed by atoms with E-state index in [-0.39, 0.29) is 25.4 Å². The maximum Gasteiger partial charge on any atom is 0.343 e. The number of ether oxygens (including phenoxy) is 2. The zero-order valence-electron chi connectivity index (χ0n) is 18.1. The first-order valence-corrected chi connectivity index (χ1v) is 12.9. The van der Waals surface area contributed by atoms with E-state index in [0.29, 0.717) is 23.4 Å². The van der Waals surface area contributed by atoms with E-state index in [1.165, 1.54) is 13.3 Å². The fourth-order valence-corrected chi connectivity index (χ4v) is 4.71. The van der Waals surface area contributed by atoms with Gasteiger partial charge in [0.15, 0.2) is 19.8 Å². The fraction of sp³-hybridized carbons (Fsp3) is 0.348. The minimum Gasteiger partial charge on any atom is -0.458 e. The predicted molar refractivity (Wildman–Crippen MR) is 119 cm³/mol. The lowest BCUT2D eigenvalue weighted by Gasteiger charge is -2.36. The summed E-state index contributed by atoms with van der Waals surface area (Å²) >= 11 is 0. The summed E-state index contributed by atoms with van der Waals surface area (Å²) < 4.78 is 30.1. The van der Waals surface area contributed by atoms with Gasteiger partial charge in [0.05, 0.1) is 29.0 Å². The van der Waals surface area contributed by atoms with Crippen molar-refractivity contribution in [2.45, 2.75) is 32.1 Å². The van der Waals surface area contributed by atoms with Crippen molar-refractivity contribution in [3.8, 4) is 11.4 Å². The molecule has 0 aliphatic carbocycles. The van der Waals surface area contributed by atoms with Crippen molar-refractivity contribution in [3.05, 3.63) is 63.4 Å². The molecule has 1 aromatic carbocycles. The number of fused-ring (bicyclic) bond motifs is 5. The Morgan fingerprint density at radius 1 is 1.22 bits per heavy atom. The van der Waals surface area contributed by atoms with E-state index >= 15 is 0 Å². The van der Waals surface area contributed by atoms with Gasteiger partial charge in [-0.05, 0) is 24.6 Å². The quantitative estimate of drug-likeness (QED) is 0.258. The van der Waals surface area contributed by atoms with Crippen LogP contribution < -0.4 is 5.56 Å². The number of aromatic nitrogens is 2. The maximum absolute atomic E-state index is 13.4. The second-order valence-corrected chi connectivity index (χ2v) is 11.2. The second kappa shape index (κ2) is 7.37. The van der Waals surface area contributed by atoms with Gasteiger partial charge >= 0.3 is 5.97 Å². The first-order chi connectivity index (χ1) is 15.2. The number of carbonyl (C=O) groups is 1. The molecule has 2 aliphatic heterocycles. The van der Waals surface area contributed by atoms with Gasteiger partial charge in [0, 0.05) is 29.8 Å². The van der Waals surface area contributed by atoms with Gasteiger partial charge in [-0.1, -0.05) is 25.1 Å². The van der Waals surface area contributed by atoms with Gasteiger partial charge in [0.25, 0.3) is 5.56 Å². The summed E-state index contributed by atoms with van der Waals surface area (Å²) in [5.74, 6) is -0.591. The lowest BCUT2D eigenvalue weighted by Crippen LogP contribution is -2.46. The Kier molecular flexibility index (Phi) is 4.85. The Hall–Kier alpha value is -2.80. The van der Waals surface area contributed by atoms with Crippen molar-refractivity contribution in [2.75, 3.05) is 20.1 Å². The molecule has 0 bridgehead atoms. The highest BCUT2D eigenvalue weighted by Gasteiger charge is 2.48. The summed E-state index contributed by atoms with van der Waals surface area (Å²) in [4.78, 5) is 31.1. The third-order valence-corrected chi connectivity index (χ3v) is 6.78. The normalized spacial score (nSPS) is 19.4. The topological polar surface area (TPSA) is 96.7 Å². The Labute approximate surface area is 184 Å². The van der Waals surface area contributed by atoms with Crippen molar-refractivity contribution < 1.29 is 23.4 Å². The number of esters is 1. The van der Waals surface area contributed by atoms with Crippen LogP contribution in [0.25, 0.3) is 22.3 Å². The number of carbonyl (C=O) groups excluding carboxylic acids is 1. The first-order valence-electron chi connectivity index (χ1n) is 10.4. The number of cyclic esters (lactones) is 1. The molecular weight excluding hydrogens is 431 g/mol. The van der Waals surface area contributed by atoms with Gasteiger partial charge in [-0.3, -0.25) is 9.36 Å². The molecule has 32 heavy (non-hydrogen) atoms. The van der Waals surface area contributed by atoms with E-state index in [1.807, 2.05) is 36.4 Å². The third kappa shape index (κ3) is 3.22. The van der Waals surface area contributed by atoms with Crippen LogP contribution in [-0.4, -0.2) is 35.6 Å². The SMILES string of the molecule is CC[C@@]1(OCOP(C)(C)=O)C(=O)OCc2c1cc1n(c2=O)Cc2cc3ccccc3nc2-1. The minimum atomic E-state index is -2.82. The lowest BCUT2D eigenvalue weighted by molar-refractivity contribution is -0.191. The van der Waals surface area contributed by atoms with E-state index in [2.05, 4.69) is 0 Å². The number of rotatable bonds is 5. The molecule has 1 atom stereocenters. The molecule has 0 saturated carbocycles. The first kappa shape index (κ1) is 21.1. The van der Waals surface area contributed by atoms with Crippen molar-refractivity contribution >= 4 is 24.2 Å². The average Bonchev–Trinajstić information content (AvgIpc) is 3.11. The molecule has 166 valence electrons. The third-order valence-electron chi connectivity index (χ3n) is 6.05. The van der Waals surface area contributed by atoms with Crippen LogP contribution in [0.2, 0.25) is 0 Å². The zero-order chi connectivity index (χ0) is 22.7. The van der Waals surface area contributed by atoms with Crippen LogP contribution in [0.5, 0.6) is 0 Å². The number of hydrogen-bond acceptors (Lipinski definition) is 7. The molecule has 4 heterocycles. The summed E-state index contributed by atoms with van der Waals surface area (Å²) in [6.45, 7) is 4.64. The number of nitrogens with zero attached hydrogens (tertiary/aromatic N) is 2. The fourth-order valence-electron chi connectivity index (χ4n) is 4.41. The summed E-state index contributed by atoms with van der Waals surface area (Å²) in [7, 11) is -2.82. The molecule has 9 heteroatoms. The molecule has 0 radical (unpaired) electrons. The molecule has 0 unspecified atom stereocenters. The van der Waals surface area contributed by atoms with E-state index < -0.39 is 18.9 Å². The molecule has 2 aromatic heterocycles. The predicted octanol–water partition coefficient (Wildman–Crippen LogP) is 3.62. The molecule has 0 amide bonds. The molecular formula is C23H23N2O6P. The van der Waals surface area contributed by atoms with Gasteiger partial charge < -0.3 is 18.6 Å². The maximum atomic E-state index is 13.4. The molecule has 8 nitrogen and oxygen atoms in total. The van der Waals surface area contributed by atoms with Crippen LogP contribution in [0.1, 0.15) is 30.0 Å². The van der Waals surface area contributed by atoms with Crippen LogP contribution in [0.15, 0.2) is 41.2 Å². The van der Waals surface area contributed by atoms with Crippen molar-refractivity contribution in [2.24, 2.45) is 0 Å².